The molecule has 0 fully saturated rings. The zero-order valence-electron chi connectivity index (χ0n) is 13.5. The molecule has 1 aromatic rings. The Kier molecular flexibility index (Phi) is 10.5. The van der Waals surface area contributed by atoms with Gasteiger partial charge in [-0.3, -0.25) is 4.90 Å². The Morgan fingerprint density at radius 3 is 2.48 bits per heavy atom. The van der Waals surface area contributed by atoms with E-state index in [-0.39, 0.29) is 0 Å². The molecule has 0 unspecified atom stereocenters. The van der Waals surface area contributed by atoms with Crippen molar-refractivity contribution in [2.24, 2.45) is 0 Å². The van der Waals surface area contributed by atoms with Crippen LogP contribution in [0, 0.1) is 0 Å². The SMILES string of the molecule is C=CCN(CCCCCCCCC)Cc1cccc(Br)c1. The zero-order valence-corrected chi connectivity index (χ0v) is 15.1. The minimum Gasteiger partial charge on any atom is -0.295 e. The summed E-state index contributed by atoms with van der Waals surface area (Å²) >= 11 is 3.55. The van der Waals surface area contributed by atoms with Gasteiger partial charge in [-0.05, 0) is 30.7 Å². The number of rotatable bonds is 12. The third kappa shape index (κ3) is 9.10. The van der Waals surface area contributed by atoms with Crippen molar-refractivity contribution in [3.8, 4) is 0 Å². The molecule has 1 rings (SSSR count). The maximum Gasteiger partial charge on any atom is 0.0237 e. The predicted molar refractivity (Wildman–Crippen MR) is 97.6 cm³/mol. The van der Waals surface area contributed by atoms with E-state index in [9.17, 15) is 0 Å². The van der Waals surface area contributed by atoms with Crippen molar-refractivity contribution < 1.29 is 0 Å². The Bertz CT molecular complexity index is 389. The smallest absolute Gasteiger partial charge is 0.0237 e. The van der Waals surface area contributed by atoms with Crippen LogP contribution in [0.1, 0.15) is 57.4 Å². The number of hydrogen-bond acceptors (Lipinski definition) is 1. The van der Waals surface area contributed by atoms with Crippen LogP contribution in [0.15, 0.2) is 41.4 Å². The Balaban J connectivity index is 2.25. The molecule has 0 aliphatic heterocycles. The molecule has 0 saturated heterocycles. The van der Waals surface area contributed by atoms with Gasteiger partial charge in [-0.15, -0.1) is 6.58 Å². The molecule has 0 saturated carbocycles. The quantitative estimate of drug-likeness (QED) is 0.320. The summed E-state index contributed by atoms with van der Waals surface area (Å²) in [4.78, 5) is 2.49. The summed E-state index contributed by atoms with van der Waals surface area (Å²) in [6.45, 7) is 9.32. The monoisotopic (exact) mass is 351 g/mol. The highest BCUT2D eigenvalue weighted by molar-refractivity contribution is 9.10. The van der Waals surface area contributed by atoms with Crippen molar-refractivity contribution in [2.75, 3.05) is 13.1 Å². The molecule has 1 nitrogen and oxygen atoms in total. The van der Waals surface area contributed by atoms with Gasteiger partial charge >= 0.3 is 0 Å². The first-order valence-corrected chi connectivity index (χ1v) is 9.13. The molecule has 0 amide bonds. The summed E-state index contributed by atoms with van der Waals surface area (Å²) in [6.07, 6.45) is 11.6. The van der Waals surface area contributed by atoms with E-state index in [1.807, 2.05) is 6.08 Å². The highest BCUT2D eigenvalue weighted by Crippen LogP contribution is 2.14. The molecule has 0 radical (unpaired) electrons. The molecular weight excluding hydrogens is 322 g/mol. The molecule has 0 aliphatic carbocycles. The standard InChI is InChI=1S/C19H30BrN/c1-3-5-6-7-8-9-10-15-21(14-4-2)17-18-12-11-13-19(20)16-18/h4,11-13,16H,2-3,5-10,14-15,17H2,1H3. The molecule has 0 spiro atoms. The summed E-state index contributed by atoms with van der Waals surface area (Å²) in [7, 11) is 0. The van der Waals surface area contributed by atoms with Crippen molar-refractivity contribution in [1.29, 1.82) is 0 Å². The molecule has 0 aliphatic rings. The fourth-order valence-electron chi connectivity index (χ4n) is 2.60. The zero-order chi connectivity index (χ0) is 15.3. The third-order valence-corrected chi connectivity index (χ3v) is 4.25. The van der Waals surface area contributed by atoms with Crippen LogP contribution in [0.4, 0.5) is 0 Å². The molecule has 2 heteroatoms. The maximum atomic E-state index is 3.89. The van der Waals surface area contributed by atoms with E-state index in [4.69, 9.17) is 0 Å². The van der Waals surface area contributed by atoms with E-state index >= 15 is 0 Å². The van der Waals surface area contributed by atoms with Crippen LogP contribution < -0.4 is 0 Å². The molecule has 0 atom stereocenters. The van der Waals surface area contributed by atoms with Crippen LogP contribution in [0.2, 0.25) is 0 Å². The fraction of sp³-hybridized carbons (Fsp3) is 0.579. The van der Waals surface area contributed by atoms with Gasteiger partial charge in [-0.1, -0.05) is 79.6 Å². The molecule has 0 heterocycles. The number of unbranched alkanes of at least 4 members (excludes halogenated alkanes) is 6. The molecule has 0 aromatic heterocycles. The van der Waals surface area contributed by atoms with Gasteiger partial charge in [-0.2, -0.15) is 0 Å². The fourth-order valence-corrected chi connectivity index (χ4v) is 3.05. The van der Waals surface area contributed by atoms with E-state index in [1.165, 1.54) is 57.1 Å². The lowest BCUT2D eigenvalue weighted by molar-refractivity contribution is 0.286. The van der Waals surface area contributed by atoms with Crippen LogP contribution in [0.25, 0.3) is 0 Å². The summed E-state index contributed by atoms with van der Waals surface area (Å²) in [5.41, 5.74) is 1.37. The van der Waals surface area contributed by atoms with Crippen LogP contribution in [0.5, 0.6) is 0 Å². The first-order chi connectivity index (χ1) is 10.3. The van der Waals surface area contributed by atoms with Gasteiger partial charge in [0.1, 0.15) is 0 Å². The Labute approximate surface area is 139 Å². The van der Waals surface area contributed by atoms with Crippen LogP contribution in [-0.2, 0) is 6.54 Å². The molecule has 0 N–H and O–H groups in total. The van der Waals surface area contributed by atoms with Gasteiger partial charge in [0.05, 0.1) is 0 Å². The highest BCUT2D eigenvalue weighted by Gasteiger charge is 2.04. The van der Waals surface area contributed by atoms with Gasteiger partial charge < -0.3 is 0 Å². The van der Waals surface area contributed by atoms with E-state index in [1.54, 1.807) is 0 Å². The van der Waals surface area contributed by atoms with E-state index in [0.717, 1.165) is 17.6 Å². The Hall–Kier alpha value is -0.600. The van der Waals surface area contributed by atoms with E-state index in [2.05, 4.69) is 58.6 Å². The van der Waals surface area contributed by atoms with E-state index in [0.29, 0.717) is 0 Å². The summed E-state index contributed by atoms with van der Waals surface area (Å²) in [6, 6.07) is 8.60. The van der Waals surface area contributed by atoms with Gasteiger partial charge in [0, 0.05) is 17.6 Å². The number of benzene rings is 1. The Morgan fingerprint density at radius 1 is 1.10 bits per heavy atom. The summed E-state index contributed by atoms with van der Waals surface area (Å²) in [5.74, 6) is 0. The third-order valence-electron chi connectivity index (χ3n) is 3.76. The van der Waals surface area contributed by atoms with Gasteiger partial charge in [-0.25, -0.2) is 0 Å². The van der Waals surface area contributed by atoms with Crippen molar-refractivity contribution >= 4 is 15.9 Å². The van der Waals surface area contributed by atoms with Crippen LogP contribution in [0.3, 0.4) is 0 Å². The second kappa shape index (κ2) is 12.0. The molecule has 118 valence electrons. The van der Waals surface area contributed by atoms with Crippen molar-refractivity contribution in [3.63, 3.8) is 0 Å². The lowest BCUT2D eigenvalue weighted by atomic mass is 10.1. The van der Waals surface area contributed by atoms with Crippen LogP contribution in [-0.4, -0.2) is 18.0 Å². The minimum absolute atomic E-state index is 0.975. The van der Waals surface area contributed by atoms with Gasteiger partial charge in [0.15, 0.2) is 0 Å². The largest absolute Gasteiger partial charge is 0.295 e. The lowest BCUT2D eigenvalue weighted by Crippen LogP contribution is -2.24. The van der Waals surface area contributed by atoms with Gasteiger partial charge in [0.25, 0.3) is 0 Å². The second-order valence-corrected chi connectivity index (χ2v) is 6.69. The Morgan fingerprint density at radius 2 is 1.81 bits per heavy atom. The van der Waals surface area contributed by atoms with Crippen molar-refractivity contribution in [3.05, 3.63) is 47.0 Å². The molecular formula is C19H30BrN. The minimum atomic E-state index is 0.975. The first kappa shape index (κ1) is 18.4. The molecule has 0 bridgehead atoms. The topological polar surface area (TPSA) is 3.24 Å². The predicted octanol–water partition coefficient (Wildman–Crippen LogP) is 6.19. The van der Waals surface area contributed by atoms with Crippen molar-refractivity contribution in [2.45, 2.75) is 58.4 Å². The van der Waals surface area contributed by atoms with Crippen LogP contribution >= 0.6 is 15.9 Å². The number of hydrogen-bond donors (Lipinski definition) is 0. The lowest BCUT2D eigenvalue weighted by Gasteiger charge is -2.20. The van der Waals surface area contributed by atoms with Crippen molar-refractivity contribution in [1.82, 2.24) is 4.90 Å². The average molecular weight is 352 g/mol. The normalized spacial score (nSPS) is 11.0. The average Bonchev–Trinajstić information content (AvgIpc) is 2.46. The summed E-state index contributed by atoms with van der Waals surface area (Å²) < 4.78 is 1.16. The highest BCUT2D eigenvalue weighted by atomic mass is 79.9. The number of nitrogens with zero attached hydrogens (tertiary/aromatic N) is 1. The first-order valence-electron chi connectivity index (χ1n) is 8.34. The summed E-state index contributed by atoms with van der Waals surface area (Å²) in [5, 5.41) is 0. The van der Waals surface area contributed by atoms with Gasteiger partial charge in [0.2, 0.25) is 0 Å². The molecule has 21 heavy (non-hydrogen) atoms. The number of halogens is 1. The maximum absolute atomic E-state index is 3.89. The van der Waals surface area contributed by atoms with E-state index < -0.39 is 0 Å². The second-order valence-electron chi connectivity index (χ2n) is 5.78. The molecule has 1 aromatic carbocycles.